The lowest BCUT2D eigenvalue weighted by Crippen LogP contribution is -2.52. The molecule has 0 spiro atoms. The first kappa shape index (κ1) is 38.9. The summed E-state index contributed by atoms with van der Waals surface area (Å²) in [5, 5.41) is 0. The number of para-hydroxylation sites is 2. The number of aliphatic imine (C=N–C) groups is 1. The number of nitrogens with zero attached hydrogens (tertiary/aromatic N) is 3. The summed E-state index contributed by atoms with van der Waals surface area (Å²) in [6.07, 6.45) is 22.4. The number of fused-ring (bicyclic) bond motifs is 2. The van der Waals surface area contributed by atoms with Crippen LogP contribution in [0.25, 0.3) is 0 Å². The van der Waals surface area contributed by atoms with Crippen molar-refractivity contribution >= 4 is 21.4 Å². The number of amidine groups is 1. The Morgan fingerprint density at radius 3 is 2.10 bits per heavy atom. The van der Waals surface area contributed by atoms with Gasteiger partial charge in [0.25, 0.3) is 9.84 Å². The summed E-state index contributed by atoms with van der Waals surface area (Å²) in [7, 11) is -5.55. The number of piperazine rings is 1. The van der Waals surface area contributed by atoms with Crippen molar-refractivity contribution < 1.29 is 31.1 Å². The minimum Gasteiger partial charge on any atom is -0.454 e. The van der Waals surface area contributed by atoms with Gasteiger partial charge in [0.1, 0.15) is 23.5 Å². The fraction of sp³-hybridized carbons (Fsp3) is 0.605. The van der Waals surface area contributed by atoms with E-state index in [9.17, 15) is 21.6 Å². The lowest BCUT2D eigenvalue weighted by atomic mass is 10.1. The van der Waals surface area contributed by atoms with Crippen LogP contribution in [0.1, 0.15) is 109 Å². The van der Waals surface area contributed by atoms with Gasteiger partial charge in [0.15, 0.2) is 5.75 Å². The minimum absolute atomic E-state index is 0.0683. The molecule has 1 atom stereocenters. The van der Waals surface area contributed by atoms with Gasteiger partial charge in [-0.2, -0.15) is 13.2 Å². The van der Waals surface area contributed by atoms with Crippen molar-refractivity contribution in [3.8, 4) is 11.5 Å². The molecule has 49 heavy (non-hydrogen) atoms. The van der Waals surface area contributed by atoms with E-state index in [0.29, 0.717) is 50.1 Å². The Hall–Kier alpha value is -2.89. The van der Waals surface area contributed by atoms with E-state index in [1.807, 2.05) is 11.8 Å². The molecule has 2 aliphatic heterocycles. The largest absolute Gasteiger partial charge is 0.501 e. The predicted molar refractivity (Wildman–Crippen MR) is 190 cm³/mol. The number of sulfone groups is 1. The first-order valence-corrected chi connectivity index (χ1v) is 19.7. The summed E-state index contributed by atoms with van der Waals surface area (Å²) in [4.78, 5) is 8.15. The van der Waals surface area contributed by atoms with Crippen LogP contribution in [-0.2, 0) is 14.6 Å². The molecular weight excluding hydrogens is 651 g/mol. The van der Waals surface area contributed by atoms with Gasteiger partial charge in [-0.1, -0.05) is 89.0 Å². The second-order valence-electron chi connectivity index (χ2n) is 13.0. The van der Waals surface area contributed by atoms with Crippen LogP contribution in [0, 0.1) is 0 Å². The molecular formula is C38H54F3N3O4S. The van der Waals surface area contributed by atoms with E-state index in [-0.39, 0.29) is 17.5 Å². The van der Waals surface area contributed by atoms with Crippen LogP contribution in [0.5, 0.6) is 11.5 Å². The highest BCUT2D eigenvalue weighted by Crippen LogP contribution is 2.40. The van der Waals surface area contributed by atoms with Gasteiger partial charge >= 0.3 is 5.51 Å². The maximum absolute atomic E-state index is 13.4. The molecule has 2 aromatic carbocycles. The van der Waals surface area contributed by atoms with Gasteiger partial charge in [-0.15, -0.1) is 0 Å². The Morgan fingerprint density at radius 1 is 0.837 bits per heavy atom. The second kappa shape index (κ2) is 19.5. The Balaban J connectivity index is 1.18. The van der Waals surface area contributed by atoms with Crippen molar-refractivity contribution in [1.29, 1.82) is 0 Å². The molecule has 0 N–H and O–H groups in total. The first-order chi connectivity index (χ1) is 23.6. The van der Waals surface area contributed by atoms with Crippen LogP contribution in [-0.4, -0.2) is 68.6 Å². The number of rotatable bonds is 19. The van der Waals surface area contributed by atoms with Crippen LogP contribution in [0.15, 0.2) is 64.5 Å². The molecule has 0 radical (unpaired) electrons. The smallest absolute Gasteiger partial charge is 0.454 e. The highest BCUT2D eigenvalue weighted by atomic mass is 32.2. The number of hydrogen-bond acceptors (Lipinski definition) is 7. The Kier molecular flexibility index (Phi) is 15.5. The third-order valence-corrected chi connectivity index (χ3v) is 10.7. The summed E-state index contributed by atoms with van der Waals surface area (Å²) in [5.41, 5.74) is -4.69. The van der Waals surface area contributed by atoms with Crippen molar-refractivity contribution in [2.45, 2.75) is 120 Å². The maximum Gasteiger partial charge on any atom is 0.501 e. The predicted octanol–water partition coefficient (Wildman–Crippen LogP) is 10.2. The van der Waals surface area contributed by atoms with Crippen LogP contribution in [0.3, 0.4) is 0 Å². The first-order valence-electron chi connectivity index (χ1n) is 18.2. The molecule has 272 valence electrons. The third kappa shape index (κ3) is 11.6. The van der Waals surface area contributed by atoms with Gasteiger partial charge in [-0.25, -0.2) is 13.4 Å². The van der Waals surface area contributed by atoms with E-state index in [1.54, 1.807) is 24.3 Å². The number of halogens is 3. The number of benzene rings is 2. The summed E-state index contributed by atoms with van der Waals surface area (Å²) in [6.45, 7) is 7.41. The molecule has 0 saturated carbocycles. The number of unbranched alkanes of at least 4 members (excludes halogenated alkanes) is 12. The van der Waals surface area contributed by atoms with Gasteiger partial charge in [0.2, 0.25) is 0 Å². The Labute approximate surface area is 291 Å². The lowest BCUT2D eigenvalue weighted by Gasteiger charge is -2.39. The van der Waals surface area contributed by atoms with Crippen LogP contribution < -0.4 is 4.74 Å². The number of hydrogen-bond donors (Lipinski definition) is 0. The van der Waals surface area contributed by atoms with Crippen molar-refractivity contribution in [3.05, 3.63) is 60.2 Å². The van der Waals surface area contributed by atoms with Crippen LogP contribution in [0.4, 0.5) is 18.9 Å². The molecule has 1 fully saturated rings. The highest BCUT2D eigenvalue weighted by Gasteiger charge is 2.47. The van der Waals surface area contributed by atoms with Gasteiger partial charge < -0.3 is 14.4 Å². The molecule has 2 aromatic rings. The average Bonchev–Trinajstić information content (AvgIpc) is 3.25. The van der Waals surface area contributed by atoms with E-state index >= 15 is 0 Å². The van der Waals surface area contributed by atoms with E-state index in [4.69, 9.17) is 14.5 Å². The normalized spacial score (nSPS) is 16.2. The zero-order valence-corrected chi connectivity index (χ0v) is 30.0. The molecule has 2 heterocycles. The Morgan fingerprint density at radius 2 is 1.45 bits per heavy atom. The summed E-state index contributed by atoms with van der Waals surface area (Å²) in [6, 6.07) is 10.3. The molecule has 0 bridgehead atoms. The van der Waals surface area contributed by atoms with Gasteiger partial charge in [-0.3, -0.25) is 4.90 Å². The summed E-state index contributed by atoms with van der Waals surface area (Å²) < 4.78 is 76.9. The van der Waals surface area contributed by atoms with Gasteiger partial charge in [0, 0.05) is 32.8 Å². The van der Waals surface area contributed by atoms with Crippen LogP contribution in [0.2, 0.25) is 0 Å². The van der Waals surface area contributed by atoms with E-state index < -0.39 is 20.2 Å². The lowest BCUT2D eigenvalue weighted by molar-refractivity contribution is -0.0602. The van der Waals surface area contributed by atoms with Gasteiger partial charge in [0.05, 0.1) is 10.5 Å². The molecule has 4 rings (SSSR count). The zero-order chi connectivity index (χ0) is 35.1. The SMILES string of the molecule is CCCCCCCC/C=C\CCCCCCCCOC(C)N1CCN(C2=Nc3ccccc3Oc3ccc(S(=O)(=O)C(F)(F)F)cc32)CC1. The van der Waals surface area contributed by atoms with Crippen LogP contribution >= 0.6 is 0 Å². The molecule has 2 aliphatic rings. The highest BCUT2D eigenvalue weighted by molar-refractivity contribution is 7.92. The number of ether oxygens (including phenoxy) is 2. The summed E-state index contributed by atoms with van der Waals surface area (Å²) >= 11 is 0. The molecule has 1 unspecified atom stereocenters. The van der Waals surface area contributed by atoms with Crippen molar-refractivity contribution in [2.24, 2.45) is 4.99 Å². The fourth-order valence-electron chi connectivity index (χ4n) is 6.25. The van der Waals surface area contributed by atoms with Gasteiger partial charge in [-0.05, 0) is 69.4 Å². The van der Waals surface area contributed by atoms with E-state index in [1.165, 1.54) is 83.1 Å². The fourth-order valence-corrected chi connectivity index (χ4v) is 7.04. The molecule has 1 saturated heterocycles. The monoisotopic (exact) mass is 705 g/mol. The molecule has 7 nitrogen and oxygen atoms in total. The molecule has 11 heteroatoms. The second-order valence-corrected chi connectivity index (χ2v) is 15.0. The topological polar surface area (TPSA) is 71.4 Å². The van der Waals surface area contributed by atoms with Crippen molar-refractivity contribution in [2.75, 3.05) is 32.8 Å². The molecule has 0 aliphatic carbocycles. The number of alkyl halides is 3. The van der Waals surface area contributed by atoms with Crippen molar-refractivity contribution in [3.63, 3.8) is 0 Å². The summed E-state index contributed by atoms with van der Waals surface area (Å²) in [5.74, 6) is 1.08. The minimum atomic E-state index is -5.55. The van der Waals surface area contributed by atoms with E-state index in [0.717, 1.165) is 25.0 Å². The maximum atomic E-state index is 13.4. The standard InChI is InChI=1S/C38H54F3N3O4S/c1-3-4-5-6-7-8-9-10-11-12-13-14-15-16-17-20-29-47-31(2)43-25-27-44(28-26-43)37-33-30-32(49(45,46)38(39,40)41)23-24-35(33)48-36-22-19-18-21-34(36)42-37/h10-11,18-19,21-24,30-31H,3-9,12-17,20,25-29H2,1-2H3/b11-10-. The van der Waals surface area contributed by atoms with Crippen molar-refractivity contribution in [1.82, 2.24) is 9.80 Å². The quantitative estimate of drug-likeness (QED) is 0.107. The molecule has 0 aromatic heterocycles. The average molecular weight is 706 g/mol. The number of allylic oxidation sites excluding steroid dienone is 2. The van der Waals surface area contributed by atoms with E-state index in [2.05, 4.69) is 24.0 Å². The third-order valence-electron chi connectivity index (χ3n) is 9.26. The molecule has 0 amide bonds. The Bertz CT molecular complexity index is 1470. The zero-order valence-electron chi connectivity index (χ0n) is 29.2.